The van der Waals surface area contributed by atoms with Crippen LogP contribution < -0.4 is 14.8 Å². The summed E-state index contributed by atoms with van der Waals surface area (Å²) < 4.78 is 11.2. The highest BCUT2D eigenvalue weighted by Crippen LogP contribution is 2.28. The zero-order valence-electron chi connectivity index (χ0n) is 16.4. The molecule has 5 nitrogen and oxygen atoms in total. The normalized spacial score (nSPS) is 19.6. The van der Waals surface area contributed by atoms with Gasteiger partial charge in [0.25, 0.3) is 0 Å². The Morgan fingerprint density at radius 2 is 1.88 bits per heavy atom. The van der Waals surface area contributed by atoms with E-state index in [4.69, 9.17) is 9.47 Å². The lowest BCUT2D eigenvalue weighted by Gasteiger charge is -2.27. The number of rotatable bonds is 8. The molecule has 148 valence electrons. The molecular formula is C20H33ClN2O3. The van der Waals surface area contributed by atoms with Gasteiger partial charge in [0.2, 0.25) is 5.91 Å². The molecule has 1 saturated carbocycles. The number of carbonyl (C=O) groups excluding carboxylic acids is 1. The van der Waals surface area contributed by atoms with Crippen LogP contribution in [-0.2, 0) is 11.2 Å². The molecule has 1 aliphatic rings. The summed E-state index contributed by atoms with van der Waals surface area (Å²) in [5.74, 6) is 2.27. The Bertz CT molecular complexity index is 558. The lowest BCUT2D eigenvalue weighted by atomic mass is 9.87. The maximum absolute atomic E-state index is 12.3. The zero-order valence-corrected chi connectivity index (χ0v) is 17.2. The van der Waals surface area contributed by atoms with Gasteiger partial charge in [-0.25, -0.2) is 0 Å². The maximum atomic E-state index is 12.3. The molecule has 6 heteroatoms. The Balaban J connectivity index is 0.00000338. The first-order valence-electron chi connectivity index (χ1n) is 9.21. The predicted molar refractivity (Wildman–Crippen MR) is 108 cm³/mol. The Labute approximate surface area is 163 Å². The summed E-state index contributed by atoms with van der Waals surface area (Å²) in [4.78, 5) is 14.4. The van der Waals surface area contributed by atoms with Crippen LogP contribution in [0.25, 0.3) is 0 Å². The van der Waals surface area contributed by atoms with Gasteiger partial charge in [-0.2, -0.15) is 0 Å². The number of carbonyl (C=O) groups is 1. The number of ether oxygens (including phenoxy) is 2. The Morgan fingerprint density at radius 3 is 2.50 bits per heavy atom. The fraction of sp³-hybridized carbons (Fsp3) is 0.650. The van der Waals surface area contributed by atoms with Crippen molar-refractivity contribution in [2.24, 2.45) is 5.92 Å². The van der Waals surface area contributed by atoms with Crippen molar-refractivity contribution in [2.45, 2.75) is 45.1 Å². The van der Waals surface area contributed by atoms with Crippen LogP contribution in [0.5, 0.6) is 11.5 Å². The van der Waals surface area contributed by atoms with Crippen molar-refractivity contribution in [3.8, 4) is 11.5 Å². The molecule has 1 aliphatic carbocycles. The van der Waals surface area contributed by atoms with Gasteiger partial charge in [-0.3, -0.25) is 4.79 Å². The molecule has 1 N–H and O–H groups in total. The minimum absolute atomic E-state index is 0. The third kappa shape index (κ3) is 7.42. The molecule has 0 unspecified atom stereocenters. The summed E-state index contributed by atoms with van der Waals surface area (Å²) in [6.07, 6.45) is 4.97. The monoisotopic (exact) mass is 384 g/mol. The molecule has 1 aromatic carbocycles. The van der Waals surface area contributed by atoms with E-state index in [-0.39, 0.29) is 18.3 Å². The minimum atomic E-state index is 0. The predicted octanol–water partition coefficient (Wildman–Crippen LogP) is 3.29. The van der Waals surface area contributed by atoms with Gasteiger partial charge in [0.15, 0.2) is 11.5 Å². The summed E-state index contributed by atoms with van der Waals surface area (Å²) in [6, 6.07) is 6.06. The molecule has 0 aliphatic heterocycles. The molecule has 0 heterocycles. The fourth-order valence-corrected chi connectivity index (χ4v) is 3.15. The van der Waals surface area contributed by atoms with Crippen LogP contribution >= 0.6 is 12.4 Å². The molecule has 0 bridgehead atoms. The quantitative estimate of drug-likeness (QED) is 0.747. The van der Waals surface area contributed by atoms with Crippen molar-refractivity contribution in [2.75, 3.05) is 34.4 Å². The third-order valence-electron chi connectivity index (χ3n) is 4.77. The van der Waals surface area contributed by atoms with Gasteiger partial charge in [0.05, 0.1) is 13.5 Å². The number of likely N-dealkylation sites (N-methyl/N-ethyl adjacent to an activating group) is 1. The largest absolute Gasteiger partial charge is 0.493 e. The Morgan fingerprint density at radius 1 is 1.19 bits per heavy atom. The second-order valence-electron chi connectivity index (χ2n) is 7.34. The second-order valence-corrected chi connectivity index (χ2v) is 7.34. The zero-order chi connectivity index (χ0) is 18.2. The summed E-state index contributed by atoms with van der Waals surface area (Å²) in [6.45, 7) is 3.73. The molecule has 0 spiro atoms. The Hall–Kier alpha value is -1.46. The van der Waals surface area contributed by atoms with Crippen LogP contribution in [0.2, 0.25) is 0 Å². The number of nitrogens with zero attached hydrogens (tertiary/aromatic N) is 1. The molecule has 0 aromatic heterocycles. The van der Waals surface area contributed by atoms with Crippen LogP contribution in [0, 0.1) is 5.92 Å². The number of hydrogen-bond donors (Lipinski definition) is 1. The molecule has 1 amide bonds. The van der Waals surface area contributed by atoms with E-state index >= 15 is 0 Å². The van der Waals surface area contributed by atoms with Gasteiger partial charge in [-0.15, -0.1) is 12.4 Å². The van der Waals surface area contributed by atoms with Gasteiger partial charge in [0.1, 0.15) is 6.61 Å². The van der Waals surface area contributed by atoms with Crippen molar-refractivity contribution in [3.63, 3.8) is 0 Å². The molecule has 2 rings (SSSR count). The Kier molecular flexibility index (Phi) is 9.81. The highest BCUT2D eigenvalue weighted by Gasteiger charge is 2.20. The van der Waals surface area contributed by atoms with Crippen molar-refractivity contribution in [1.82, 2.24) is 10.2 Å². The molecule has 0 atom stereocenters. The highest BCUT2D eigenvalue weighted by atomic mass is 35.5. The third-order valence-corrected chi connectivity index (χ3v) is 4.77. The van der Waals surface area contributed by atoms with E-state index in [9.17, 15) is 4.79 Å². The smallest absolute Gasteiger partial charge is 0.224 e. The highest BCUT2D eigenvalue weighted by molar-refractivity contribution is 5.85. The van der Waals surface area contributed by atoms with Gasteiger partial charge in [0, 0.05) is 12.6 Å². The summed E-state index contributed by atoms with van der Waals surface area (Å²) >= 11 is 0. The summed E-state index contributed by atoms with van der Waals surface area (Å²) in [5.41, 5.74) is 0.943. The summed E-state index contributed by atoms with van der Waals surface area (Å²) in [5, 5.41) is 3.17. The van der Waals surface area contributed by atoms with Crippen LogP contribution in [0.15, 0.2) is 18.2 Å². The number of methoxy groups -OCH3 is 1. The van der Waals surface area contributed by atoms with Gasteiger partial charge < -0.3 is 19.7 Å². The number of halogens is 1. The van der Waals surface area contributed by atoms with E-state index in [1.54, 1.807) is 7.11 Å². The molecule has 0 saturated heterocycles. The van der Waals surface area contributed by atoms with Gasteiger partial charge in [-0.05, 0) is 63.4 Å². The van der Waals surface area contributed by atoms with Crippen molar-refractivity contribution in [3.05, 3.63) is 23.8 Å². The average Bonchev–Trinajstić information content (AvgIpc) is 2.57. The summed E-state index contributed by atoms with van der Waals surface area (Å²) in [7, 11) is 5.64. The van der Waals surface area contributed by atoms with E-state index < -0.39 is 0 Å². The second kappa shape index (κ2) is 11.3. The average molecular weight is 385 g/mol. The lowest BCUT2D eigenvalue weighted by molar-refractivity contribution is -0.121. The van der Waals surface area contributed by atoms with E-state index in [0.717, 1.165) is 36.6 Å². The first-order valence-corrected chi connectivity index (χ1v) is 9.21. The standard InChI is InChI=1S/C20H32N2O3.ClH/c1-15-5-8-17(9-6-15)21-20(23)14-16-7-10-18(19(13-16)24-4)25-12-11-22(2)3;/h7,10,13,15,17H,5-6,8-9,11-12,14H2,1-4H3,(H,21,23);1H. The van der Waals surface area contributed by atoms with Crippen LogP contribution in [0.3, 0.4) is 0 Å². The number of amides is 1. The molecule has 26 heavy (non-hydrogen) atoms. The van der Waals surface area contributed by atoms with Crippen molar-refractivity contribution >= 4 is 18.3 Å². The maximum Gasteiger partial charge on any atom is 0.224 e. The fourth-order valence-electron chi connectivity index (χ4n) is 3.15. The number of benzene rings is 1. The number of nitrogens with one attached hydrogen (secondary N) is 1. The minimum Gasteiger partial charge on any atom is -0.493 e. The van der Waals surface area contributed by atoms with E-state index in [1.165, 1.54) is 12.8 Å². The van der Waals surface area contributed by atoms with E-state index in [2.05, 4.69) is 17.1 Å². The topological polar surface area (TPSA) is 50.8 Å². The first kappa shape index (κ1) is 22.6. The van der Waals surface area contributed by atoms with Gasteiger partial charge in [-0.1, -0.05) is 13.0 Å². The van der Waals surface area contributed by atoms with Gasteiger partial charge >= 0.3 is 0 Å². The van der Waals surface area contributed by atoms with Crippen LogP contribution in [0.4, 0.5) is 0 Å². The molecule has 1 fully saturated rings. The van der Waals surface area contributed by atoms with Crippen molar-refractivity contribution < 1.29 is 14.3 Å². The van der Waals surface area contributed by atoms with Crippen molar-refractivity contribution in [1.29, 1.82) is 0 Å². The molecule has 0 radical (unpaired) electrons. The van der Waals surface area contributed by atoms with Crippen LogP contribution in [-0.4, -0.2) is 51.2 Å². The SMILES string of the molecule is COc1cc(CC(=O)NC2CCC(C)CC2)ccc1OCCN(C)C.Cl. The molecular weight excluding hydrogens is 352 g/mol. The first-order chi connectivity index (χ1) is 12.0. The molecule has 1 aromatic rings. The van der Waals surface area contributed by atoms with E-state index in [0.29, 0.717) is 24.8 Å². The van der Waals surface area contributed by atoms with Crippen LogP contribution in [0.1, 0.15) is 38.2 Å². The number of hydrogen-bond acceptors (Lipinski definition) is 4. The van der Waals surface area contributed by atoms with E-state index in [1.807, 2.05) is 32.3 Å². The lowest BCUT2D eigenvalue weighted by Crippen LogP contribution is -2.38.